The third-order valence-corrected chi connectivity index (χ3v) is 6.64. The van der Waals surface area contributed by atoms with E-state index in [9.17, 15) is 26.4 Å². The van der Waals surface area contributed by atoms with Gasteiger partial charge in [-0.15, -0.1) is 0 Å². The highest BCUT2D eigenvalue weighted by molar-refractivity contribution is 7.93. The number of halogens is 3. The van der Waals surface area contributed by atoms with Crippen molar-refractivity contribution in [1.29, 1.82) is 0 Å². The molecule has 12 heteroatoms. The molecule has 2 N–H and O–H groups in total. The molecule has 2 heterocycles. The van der Waals surface area contributed by atoms with E-state index < -0.39 is 32.9 Å². The molecule has 0 unspecified atom stereocenters. The molecule has 1 aromatic carbocycles. The van der Waals surface area contributed by atoms with E-state index in [1.165, 1.54) is 18.5 Å². The fourth-order valence-corrected chi connectivity index (χ4v) is 4.28. The third kappa shape index (κ3) is 5.83. The summed E-state index contributed by atoms with van der Waals surface area (Å²) in [5.74, 6) is -0.496. The molecule has 1 amide bonds. The number of nitrogens with zero attached hydrogens (tertiary/aromatic N) is 3. The van der Waals surface area contributed by atoms with Crippen molar-refractivity contribution in [2.24, 2.45) is 0 Å². The summed E-state index contributed by atoms with van der Waals surface area (Å²) in [6.07, 6.45) is 0.0229. The topological polar surface area (TPSA) is 114 Å². The standard InChI is InChI=1S/C21H18F3N5O3S/c22-21(23,24)15-9-14(11-25-12-15)13-1-3-16(4-2-13)27-19(30)10-17-7-8-26-20(28-17)29-33(31,32)18-5-6-18/h1-4,7-9,11-12,18H,5-6,10H2,(H,27,30)(H,26,28,29). The van der Waals surface area contributed by atoms with Crippen molar-refractivity contribution in [1.82, 2.24) is 15.0 Å². The Morgan fingerprint density at radius 1 is 1.06 bits per heavy atom. The van der Waals surface area contributed by atoms with Crippen molar-refractivity contribution in [2.75, 3.05) is 10.0 Å². The molecule has 1 aliphatic rings. The molecule has 8 nitrogen and oxygen atoms in total. The van der Waals surface area contributed by atoms with Crippen LogP contribution in [-0.2, 0) is 27.4 Å². The highest BCUT2D eigenvalue weighted by atomic mass is 32.2. The molecular weight excluding hydrogens is 459 g/mol. The van der Waals surface area contributed by atoms with Gasteiger partial charge in [-0.05, 0) is 42.7 Å². The molecule has 0 bridgehead atoms. The van der Waals surface area contributed by atoms with E-state index in [0.29, 0.717) is 35.3 Å². The minimum Gasteiger partial charge on any atom is -0.326 e. The largest absolute Gasteiger partial charge is 0.417 e. The van der Waals surface area contributed by atoms with Gasteiger partial charge in [0.05, 0.1) is 22.9 Å². The third-order valence-electron chi connectivity index (χ3n) is 4.82. The van der Waals surface area contributed by atoms with Crippen LogP contribution in [0, 0.1) is 0 Å². The van der Waals surface area contributed by atoms with E-state index in [1.807, 2.05) is 0 Å². The summed E-state index contributed by atoms with van der Waals surface area (Å²) in [5.41, 5.74) is 0.718. The molecule has 4 rings (SSSR count). The highest BCUT2D eigenvalue weighted by Crippen LogP contribution is 2.32. The summed E-state index contributed by atoms with van der Waals surface area (Å²) in [5, 5.41) is 2.24. The van der Waals surface area contributed by atoms with Crippen LogP contribution in [-0.4, -0.2) is 34.5 Å². The predicted molar refractivity (Wildman–Crippen MR) is 115 cm³/mol. The summed E-state index contributed by atoms with van der Waals surface area (Å²) in [6, 6.07) is 8.76. The number of amides is 1. The van der Waals surface area contributed by atoms with Crippen molar-refractivity contribution in [3.05, 3.63) is 66.2 Å². The number of hydrogen-bond acceptors (Lipinski definition) is 6. The zero-order valence-electron chi connectivity index (χ0n) is 17.0. The minimum absolute atomic E-state index is 0.0914. The number of anilines is 2. The van der Waals surface area contributed by atoms with Crippen LogP contribution < -0.4 is 10.0 Å². The molecule has 0 radical (unpaired) electrons. The fraction of sp³-hybridized carbons (Fsp3) is 0.238. The maximum atomic E-state index is 12.9. The van der Waals surface area contributed by atoms with Crippen LogP contribution in [0.5, 0.6) is 0 Å². The van der Waals surface area contributed by atoms with E-state index in [4.69, 9.17) is 0 Å². The summed E-state index contributed by atoms with van der Waals surface area (Å²) >= 11 is 0. The smallest absolute Gasteiger partial charge is 0.326 e. The Kier molecular flexibility index (Phi) is 6.02. The molecule has 172 valence electrons. The first kappa shape index (κ1) is 22.6. The first-order chi connectivity index (χ1) is 15.6. The molecule has 1 aliphatic carbocycles. The SMILES string of the molecule is O=C(Cc1ccnc(NS(=O)(=O)C2CC2)n1)Nc1ccc(-c2cncc(C(F)(F)F)c2)cc1. The first-order valence-corrected chi connectivity index (χ1v) is 11.4. The number of carbonyl (C=O) groups is 1. The van der Waals surface area contributed by atoms with Crippen LogP contribution in [0.1, 0.15) is 24.1 Å². The molecule has 0 saturated heterocycles. The normalized spacial score (nSPS) is 14.0. The number of nitrogens with one attached hydrogen (secondary N) is 2. The highest BCUT2D eigenvalue weighted by Gasteiger charge is 2.36. The number of benzene rings is 1. The number of rotatable bonds is 7. The van der Waals surface area contributed by atoms with Crippen molar-refractivity contribution >= 4 is 27.6 Å². The van der Waals surface area contributed by atoms with E-state index >= 15 is 0 Å². The maximum Gasteiger partial charge on any atom is 0.417 e. The Bertz CT molecular complexity index is 1280. The van der Waals surface area contributed by atoms with Gasteiger partial charge in [0.2, 0.25) is 21.9 Å². The average molecular weight is 477 g/mol. The van der Waals surface area contributed by atoms with Crippen molar-refractivity contribution in [2.45, 2.75) is 30.7 Å². The van der Waals surface area contributed by atoms with E-state index in [2.05, 4.69) is 25.0 Å². The van der Waals surface area contributed by atoms with Gasteiger partial charge in [-0.25, -0.2) is 18.4 Å². The van der Waals surface area contributed by atoms with Gasteiger partial charge < -0.3 is 5.32 Å². The average Bonchev–Trinajstić information content (AvgIpc) is 3.60. The molecule has 2 aromatic heterocycles. The van der Waals surface area contributed by atoms with Crippen LogP contribution in [0.25, 0.3) is 11.1 Å². The molecule has 0 spiro atoms. The second-order valence-corrected chi connectivity index (χ2v) is 9.44. The van der Waals surface area contributed by atoms with Crippen molar-refractivity contribution in [3.8, 4) is 11.1 Å². The van der Waals surface area contributed by atoms with E-state index in [0.717, 1.165) is 12.3 Å². The van der Waals surface area contributed by atoms with Gasteiger partial charge in [0, 0.05) is 29.8 Å². The maximum absolute atomic E-state index is 12.9. The lowest BCUT2D eigenvalue weighted by Crippen LogP contribution is -2.20. The lowest BCUT2D eigenvalue weighted by molar-refractivity contribution is -0.137. The van der Waals surface area contributed by atoms with Crippen molar-refractivity contribution < 1.29 is 26.4 Å². The quantitative estimate of drug-likeness (QED) is 0.537. The molecular formula is C21H18F3N5O3S. The Hall–Kier alpha value is -3.54. The van der Waals surface area contributed by atoms with Crippen LogP contribution in [0.4, 0.5) is 24.8 Å². The number of aromatic nitrogens is 3. The van der Waals surface area contributed by atoms with Gasteiger partial charge in [-0.1, -0.05) is 12.1 Å². The molecule has 33 heavy (non-hydrogen) atoms. The van der Waals surface area contributed by atoms with Gasteiger partial charge in [0.15, 0.2) is 0 Å². The minimum atomic E-state index is -4.49. The van der Waals surface area contributed by atoms with E-state index in [-0.39, 0.29) is 12.4 Å². The summed E-state index contributed by atoms with van der Waals surface area (Å²) in [6.45, 7) is 0. The Morgan fingerprint density at radius 2 is 1.79 bits per heavy atom. The number of sulfonamides is 1. The van der Waals surface area contributed by atoms with Crippen LogP contribution in [0.2, 0.25) is 0 Å². The zero-order valence-corrected chi connectivity index (χ0v) is 17.8. The van der Waals surface area contributed by atoms with E-state index in [1.54, 1.807) is 24.3 Å². The second kappa shape index (κ2) is 8.77. The molecule has 1 fully saturated rings. The van der Waals surface area contributed by atoms with Crippen LogP contribution in [0.3, 0.4) is 0 Å². The van der Waals surface area contributed by atoms with Gasteiger partial charge >= 0.3 is 6.18 Å². The number of alkyl halides is 3. The van der Waals surface area contributed by atoms with Gasteiger partial charge in [0.25, 0.3) is 0 Å². The Balaban J connectivity index is 1.39. The second-order valence-electron chi connectivity index (χ2n) is 7.48. The molecule has 0 atom stereocenters. The number of carbonyl (C=O) groups excluding carboxylic acids is 1. The van der Waals surface area contributed by atoms with Crippen LogP contribution in [0.15, 0.2) is 55.0 Å². The van der Waals surface area contributed by atoms with Crippen molar-refractivity contribution in [3.63, 3.8) is 0 Å². The molecule has 3 aromatic rings. The summed E-state index contributed by atoms with van der Waals surface area (Å²) in [4.78, 5) is 24.0. The molecule has 1 saturated carbocycles. The monoisotopic (exact) mass is 477 g/mol. The summed E-state index contributed by atoms with van der Waals surface area (Å²) in [7, 11) is -3.51. The van der Waals surface area contributed by atoms with Gasteiger partial charge in [-0.2, -0.15) is 13.2 Å². The lowest BCUT2D eigenvalue weighted by Gasteiger charge is -2.10. The van der Waals surface area contributed by atoms with Gasteiger partial charge in [-0.3, -0.25) is 14.5 Å². The Morgan fingerprint density at radius 3 is 2.45 bits per heavy atom. The van der Waals surface area contributed by atoms with Gasteiger partial charge in [0.1, 0.15) is 0 Å². The Labute approximate surface area is 187 Å². The molecule has 0 aliphatic heterocycles. The van der Waals surface area contributed by atoms with Crippen LogP contribution >= 0.6 is 0 Å². The first-order valence-electron chi connectivity index (χ1n) is 9.86. The zero-order chi connectivity index (χ0) is 23.6. The fourth-order valence-electron chi connectivity index (χ4n) is 3.00. The number of pyridine rings is 1. The predicted octanol–water partition coefficient (Wildman–Crippen LogP) is 3.64. The lowest BCUT2D eigenvalue weighted by atomic mass is 10.1. The summed E-state index contributed by atoms with van der Waals surface area (Å²) < 4.78 is 65.0. The number of hydrogen-bond donors (Lipinski definition) is 2.